The number of ether oxygens (including phenoxy) is 2. The van der Waals surface area contributed by atoms with Crippen LogP contribution in [0.4, 0.5) is 0 Å². The van der Waals surface area contributed by atoms with E-state index in [4.69, 9.17) is 9.47 Å². The summed E-state index contributed by atoms with van der Waals surface area (Å²) in [7, 11) is 0. The predicted octanol–water partition coefficient (Wildman–Crippen LogP) is 8.40. The molecule has 0 saturated carbocycles. The van der Waals surface area contributed by atoms with Crippen LogP contribution in [0.5, 0.6) is 11.6 Å². The van der Waals surface area contributed by atoms with Crippen LogP contribution in [0, 0.1) is 0 Å². The summed E-state index contributed by atoms with van der Waals surface area (Å²) >= 11 is 0. The highest BCUT2D eigenvalue weighted by molar-refractivity contribution is 5.59. The van der Waals surface area contributed by atoms with Crippen molar-refractivity contribution in [2.24, 2.45) is 0 Å². The fourth-order valence-corrected chi connectivity index (χ4v) is 3.82. The van der Waals surface area contributed by atoms with Gasteiger partial charge in [0.25, 0.3) is 0 Å². The summed E-state index contributed by atoms with van der Waals surface area (Å²) in [6.45, 7) is 7.36. The van der Waals surface area contributed by atoms with E-state index in [-0.39, 0.29) is 6.10 Å². The minimum Gasteiger partial charge on any atom is -0.491 e. The molecule has 178 valence electrons. The smallest absolute Gasteiger partial charge is 0.233 e. The molecule has 0 fully saturated rings. The van der Waals surface area contributed by atoms with Crippen molar-refractivity contribution in [3.63, 3.8) is 0 Å². The minimum atomic E-state index is 0.245. The van der Waals surface area contributed by atoms with E-state index in [0.29, 0.717) is 12.5 Å². The van der Waals surface area contributed by atoms with E-state index in [1.165, 1.54) is 70.6 Å². The normalized spacial score (nSPS) is 12.0. The highest BCUT2D eigenvalue weighted by Gasteiger charge is 2.06. The number of hydrogen-bond acceptors (Lipinski definition) is 4. The molecule has 1 aromatic heterocycles. The van der Waals surface area contributed by atoms with E-state index in [1.54, 1.807) is 0 Å². The zero-order valence-electron chi connectivity index (χ0n) is 20.7. The molecule has 1 unspecified atom stereocenters. The first kappa shape index (κ1) is 26.2. The first-order valence-electron chi connectivity index (χ1n) is 13.0. The first-order valence-corrected chi connectivity index (χ1v) is 13.0. The largest absolute Gasteiger partial charge is 0.491 e. The van der Waals surface area contributed by atoms with Crippen molar-refractivity contribution in [2.75, 3.05) is 6.61 Å². The van der Waals surface area contributed by atoms with Gasteiger partial charge in [-0.25, -0.2) is 0 Å². The molecule has 0 radical (unpaired) electrons. The molecular formula is C28H44N2O2. The molecule has 0 N–H and O–H groups in total. The van der Waals surface area contributed by atoms with Crippen LogP contribution in [-0.4, -0.2) is 22.9 Å². The topological polar surface area (TPSA) is 44.2 Å². The Kier molecular flexibility index (Phi) is 13.5. The third-order valence-corrected chi connectivity index (χ3v) is 5.84. The van der Waals surface area contributed by atoms with Crippen molar-refractivity contribution in [2.45, 2.75) is 110 Å². The average Bonchev–Trinajstić information content (AvgIpc) is 2.82. The van der Waals surface area contributed by atoms with Gasteiger partial charge in [-0.05, 0) is 56.5 Å². The van der Waals surface area contributed by atoms with Gasteiger partial charge in [0.1, 0.15) is 5.75 Å². The van der Waals surface area contributed by atoms with Gasteiger partial charge >= 0.3 is 0 Å². The second kappa shape index (κ2) is 16.5. The van der Waals surface area contributed by atoms with Crippen molar-refractivity contribution >= 4 is 0 Å². The van der Waals surface area contributed by atoms with Crippen molar-refractivity contribution < 1.29 is 9.47 Å². The zero-order chi connectivity index (χ0) is 22.9. The van der Waals surface area contributed by atoms with Crippen LogP contribution in [0.2, 0.25) is 0 Å². The van der Waals surface area contributed by atoms with Crippen LogP contribution in [0.1, 0.15) is 104 Å². The van der Waals surface area contributed by atoms with Gasteiger partial charge in [0.2, 0.25) is 5.88 Å². The van der Waals surface area contributed by atoms with Gasteiger partial charge in [0.05, 0.1) is 18.4 Å². The summed E-state index contributed by atoms with van der Waals surface area (Å²) in [6.07, 6.45) is 16.8. The van der Waals surface area contributed by atoms with E-state index in [9.17, 15) is 0 Å². The Morgan fingerprint density at radius 2 is 1.31 bits per heavy atom. The number of benzene rings is 1. The molecule has 1 heterocycles. The lowest BCUT2D eigenvalue weighted by Crippen LogP contribution is -2.11. The van der Waals surface area contributed by atoms with Gasteiger partial charge in [-0.3, -0.25) is 0 Å². The molecule has 0 spiro atoms. The van der Waals surface area contributed by atoms with E-state index in [1.807, 2.05) is 36.4 Å². The highest BCUT2D eigenvalue weighted by atomic mass is 16.5. The summed E-state index contributed by atoms with van der Waals surface area (Å²) in [6, 6.07) is 12.0. The molecule has 4 heteroatoms. The van der Waals surface area contributed by atoms with E-state index >= 15 is 0 Å². The molecule has 32 heavy (non-hydrogen) atoms. The summed E-state index contributed by atoms with van der Waals surface area (Å²) in [5, 5.41) is 8.58. The Morgan fingerprint density at radius 3 is 1.94 bits per heavy atom. The van der Waals surface area contributed by atoms with Gasteiger partial charge < -0.3 is 9.47 Å². The maximum atomic E-state index is 6.05. The quantitative estimate of drug-likeness (QED) is 0.218. The molecule has 2 rings (SSSR count). The number of rotatable bonds is 18. The Labute approximate surface area is 196 Å². The Morgan fingerprint density at radius 1 is 0.688 bits per heavy atom. The second-order valence-corrected chi connectivity index (χ2v) is 8.88. The van der Waals surface area contributed by atoms with Gasteiger partial charge in [0.15, 0.2) is 0 Å². The molecule has 0 bridgehead atoms. The van der Waals surface area contributed by atoms with Crippen molar-refractivity contribution in [3.8, 4) is 22.9 Å². The SMILES string of the molecule is CCCCCCCCCCOc1ccc(-c2ccc(OC(C)CCCCCC)cc2)nn1. The van der Waals surface area contributed by atoms with Crippen LogP contribution in [0.15, 0.2) is 36.4 Å². The van der Waals surface area contributed by atoms with Crippen LogP contribution in [0.25, 0.3) is 11.3 Å². The molecule has 1 atom stereocenters. The average molecular weight is 441 g/mol. The van der Waals surface area contributed by atoms with Gasteiger partial charge in [-0.15, -0.1) is 10.2 Å². The fourth-order valence-electron chi connectivity index (χ4n) is 3.82. The van der Waals surface area contributed by atoms with Gasteiger partial charge in [-0.2, -0.15) is 0 Å². The molecule has 2 aromatic rings. The third-order valence-electron chi connectivity index (χ3n) is 5.84. The van der Waals surface area contributed by atoms with Crippen molar-refractivity contribution in [1.29, 1.82) is 0 Å². The van der Waals surface area contributed by atoms with Crippen molar-refractivity contribution in [1.82, 2.24) is 10.2 Å². The summed E-state index contributed by atoms with van der Waals surface area (Å²) in [4.78, 5) is 0. The number of aromatic nitrogens is 2. The predicted molar refractivity (Wildman–Crippen MR) is 134 cm³/mol. The van der Waals surface area contributed by atoms with E-state index < -0.39 is 0 Å². The number of nitrogens with zero attached hydrogens (tertiary/aromatic N) is 2. The Bertz CT molecular complexity index is 700. The fraction of sp³-hybridized carbons (Fsp3) is 0.643. The maximum Gasteiger partial charge on any atom is 0.233 e. The van der Waals surface area contributed by atoms with E-state index in [2.05, 4.69) is 31.0 Å². The molecule has 0 amide bonds. The maximum absolute atomic E-state index is 6.05. The lowest BCUT2D eigenvalue weighted by Gasteiger charge is -2.15. The monoisotopic (exact) mass is 440 g/mol. The zero-order valence-corrected chi connectivity index (χ0v) is 20.7. The lowest BCUT2D eigenvalue weighted by atomic mass is 10.1. The van der Waals surface area contributed by atoms with Crippen LogP contribution >= 0.6 is 0 Å². The molecule has 1 aromatic carbocycles. The number of unbranched alkanes of at least 4 members (excludes halogenated alkanes) is 10. The van der Waals surface area contributed by atoms with Crippen LogP contribution in [0.3, 0.4) is 0 Å². The van der Waals surface area contributed by atoms with Gasteiger partial charge in [-0.1, -0.05) is 78.1 Å². The highest BCUT2D eigenvalue weighted by Crippen LogP contribution is 2.23. The summed E-state index contributed by atoms with van der Waals surface area (Å²) < 4.78 is 11.8. The van der Waals surface area contributed by atoms with E-state index in [0.717, 1.165) is 29.8 Å². The molecule has 0 saturated heterocycles. The summed E-state index contributed by atoms with van der Waals surface area (Å²) in [5.74, 6) is 1.52. The van der Waals surface area contributed by atoms with Crippen LogP contribution < -0.4 is 9.47 Å². The molecule has 0 aliphatic carbocycles. The first-order chi connectivity index (χ1) is 15.7. The van der Waals surface area contributed by atoms with Crippen molar-refractivity contribution in [3.05, 3.63) is 36.4 Å². The number of hydrogen-bond donors (Lipinski definition) is 0. The third kappa shape index (κ3) is 11.0. The Balaban J connectivity index is 1.66. The van der Waals surface area contributed by atoms with Gasteiger partial charge in [0, 0.05) is 11.6 Å². The molecule has 0 aliphatic rings. The Hall–Kier alpha value is -2.10. The molecular weight excluding hydrogens is 396 g/mol. The van der Waals surface area contributed by atoms with Crippen LogP contribution in [-0.2, 0) is 0 Å². The summed E-state index contributed by atoms with van der Waals surface area (Å²) in [5.41, 5.74) is 1.89. The second-order valence-electron chi connectivity index (χ2n) is 8.88. The standard InChI is InChI=1S/C28H44N2O2/c1-4-6-8-10-11-12-13-15-23-31-28-22-21-27(29-30-28)25-17-19-26(20-18-25)32-24(3)16-14-9-7-5-2/h17-22,24H,4-16,23H2,1-3H3. The molecule has 4 nitrogen and oxygen atoms in total. The minimum absolute atomic E-state index is 0.245. The molecule has 0 aliphatic heterocycles. The lowest BCUT2D eigenvalue weighted by molar-refractivity contribution is 0.206.